The lowest BCUT2D eigenvalue weighted by Gasteiger charge is -2.38. The maximum Gasteiger partial charge on any atom is 0.0700 e. The molecule has 0 aliphatic carbocycles. The zero-order valence-corrected chi connectivity index (χ0v) is 12.3. The van der Waals surface area contributed by atoms with E-state index < -0.39 is 0 Å². The van der Waals surface area contributed by atoms with E-state index in [0.29, 0.717) is 18.6 Å². The van der Waals surface area contributed by atoms with E-state index in [1.54, 1.807) is 7.11 Å². The first-order valence-corrected chi connectivity index (χ1v) is 7.12. The molecule has 0 saturated carbocycles. The lowest BCUT2D eigenvalue weighted by molar-refractivity contribution is 0.0687. The molecular weight excluding hydrogens is 228 g/mol. The third-order valence-electron chi connectivity index (χ3n) is 3.82. The van der Waals surface area contributed by atoms with Crippen LogP contribution in [0.4, 0.5) is 0 Å². The predicted octanol–water partition coefficient (Wildman–Crippen LogP) is 1.36. The Morgan fingerprint density at radius 3 is 2.56 bits per heavy atom. The van der Waals surface area contributed by atoms with Gasteiger partial charge < -0.3 is 19.7 Å². The van der Waals surface area contributed by atoms with Crippen LogP contribution in [0.15, 0.2) is 0 Å². The fourth-order valence-electron chi connectivity index (χ4n) is 2.27. The maximum absolute atomic E-state index is 5.43. The first-order chi connectivity index (χ1) is 8.66. The molecule has 0 amide bonds. The minimum Gasteiger partial charge on any atom is -0.382 e. The maximum atomic E-state index is 5.43. The van der Waals surface area contributed by atoms with Crippen molar-refractivity contribution in [3.05, 3.63) is 0 Å². The summed E-state index contributed by atoms with van der Waals surface area (Å²) in [5, 5.41) is 3.57. The van der Waals surface area contributed by atoms with Crippen molar-refractivity contribution in [1.82, 2.24) is 10.2 Å². The van der Waals surface area contributed by atoms with Gasteiger partial charge in [-0.2, -0.15) is 0 Å². The molecule has 0 radical (unpaired) electrons. The summed E-state index contributed by atoms with van der Waals surface area (Å²) < 4.78 is 10.4. The zero-order chi connectivity index (χ0) is 13.3. The Labute approximate surface area is 112 Å². The molecule has 1 N–H and O–H groups in total. The fraction of sp³-hybridized carbons (Fsp3) is 1.00. The van der Waals surface area contributed by atoms with Crippen LogP contribution in [0.2, 0.25) is 0 Å². The topological polar surface area (TPSA) is 33.7 Å². The molecule has 0 unspecified atom stereocenters. The lowest BCUT2D eigenvalue weighted by atomic mass is 9.80. The number of methoxy groups -OCH3 is 1. The monoisotopic (exact) mass is 258 g/mol. The summed E-state index contributed by atoms with van der Waals surface area (Å²) in [6.07, 6.45) is 3.70. The molecule has 1 saturated heterocycles. The van der Waals surface area contributed by atoms with Crippen molar-refractivity contribution in [2.75, 3.05) is 60.2 Å². The first kappa shape index (κ1) is 15.9. The molecule has 1 aliphatic heterocycles. The predicted molar refractivity (Wildman–Crippen MR) is 75.0 cm³/mol. The summed E-state index contributed by atoms with van der Waals surface area (Å²) in [6.45, 7) is 9.30. The number of nitrogens with zero attached hydrogens (tertiary/aromatic N) is 1. The Morgan fingerprint density at radius 1 is 1.17 bits per heavy atom. The number of likely N-dealkylation sites (tertiary alicyclic amines) is 1. The van der Waals surface area contributed by atoms with Gasteiger partial charge in [-0.1, -0.05) is 6.92 Å². The van der Waals surface area contributed by atoms with Crippen molar-refractivity contribution in [1.29, 1.82) is 0 Å². The normalized spacial score (nSPS) is 20.2. The van der Waals surface area contributed by atoms with E-state index in [4.69, 9.17) is 9.47 Å². The summed E-state index contributed by atoms with van der Waals surface area (Å²) >= 11 is 0. The van der Waals surface area contributed by atoms with Gasteiger partial charge in [-0.05, 0) is 51.4 Å². The van der Waals surface area contributed by atoms with Gasteiger partial charge in [0.25, 0.3) is 0 Å². The van der Waals surface area contributed by atoms with E-state index in [1.807, 2.05) is 0 Å². The van der Waals surface area contributed by atoms with Crippen LogP contribution in [0.1, 0.15) is 26.2 Å². The van der Waals surface area contributed by atoms with Crippen LogP contribution in [0.25, 0.3) is 0 Å². The minimum atomic E-state index is 0.490. The van der Waals surface area contributed by atoms with Gasteiger partial charge in [-0.15, -0.1) is 0 Å². The molecule has 0 spiro atoms. The van der Waals surface area contributed by atoms with Gasteiger partial charge in [-0.25, -0.2) is 0 Å². The van der Waals surface area contributed by atoms with Gasteiger partial charge in [-0.3, -0.25) is 0 Å². The molecule has 0 bridgehead atoms. The second-order valence-electron chi connectivity index (χ2n) is 5.75. The number of ether oxygens (including phenoxy) is 2. The van der Waals surface area contributed by atoms with Crippen molar-refractivity contribution in [2.24, 2.45) is 5.41 Å². The molecule has 4 nitrogen and oxygen atoms in total. The molecule has 0 aromatic carbocycles. The summed E-state index contributed by atoms with van der Waals surface area (Å²) in [5.74, 6) is 0. The molecule has 0 aromatic rings. The Hall–Kier alpha value is -0.160. The molecule has 4 heteroatoms. The van der Waals surface area contributed by atoms with Crippen LogP contribution >= 0.6 is 0 Å². The van der Waals surface area contributed by atoms with Crippen molar-refractivity contribution in [2.45, 2.75) is 26.2 Å². The van der Waals surface area contributed by atoms with Crippen molar-refractivity contribution >= 4 is 0 Å². The number of hydrogen-bond acceptors (Lipinski definition) is 4. The number of piperidine rings is 1. The Kier molecular flexibility index (Phi) is 7.82. The average Bonchev–Trinajstić information content (AvgIpc) is 2.37. The average molecular weight is 258 g/mol. The number of rotatable bonds is 9. The van der Waals surface area contributed by atoms with Gasteiger partial charge in [0.15, 0.2) is 0 Å². The smallest absolute Gasteiger partial charge is 0.0700 e. The summed E-state index contributed by atoms with van der Waals surface area (Å²) in [5.41, 5.74) is 0.490. The summed E-state index contributed by atoms with van der Waals surface area (Å²) in [6, 6.07) is 0. The van der Waals surface area contributed by atoms with E-state index in [9.17, 15) is 0 Å². The van der Waals surface area contributed by atoms with Gasteiger partial charge in [0.1, 0.15) is 0 Å². The second-order valence-corrected chi connectivity index (χ2v) is 5.75. The first-order valence-electron chi connectivity index (χ1n) is 7.12. The molecule has 1 aliphatic rings. The highest BCUT2D eigenvalue weighted by Crippen LogP contribution is 2.29. The summed E-state index contributed by atoms with van der Waals surface area (Å²) in [4.78, 5) is 2.42. The highest BCUT2D eigenvalue weighted by molar-refractivity contribution is 4.83. The van der Waals surface area contributed by atoms with Crippen LogP contribution in [-0.4, -0.2) is 65.1 Å². The third-order valence-corrected chi connectivity index (χ3v) is 3.82. The Morgan fingerprint density at radius 2 is 1.89 bits per heavy atom. The number of nitrogens with one attached hydrogen (secondary N) is 1. The van der Waals surface area contributed by atoms with E-state index in [1.165, 1.54) is 25.9 Å². The van der Waals surface area contributed by atoms with Crippen molar-refractivity contribution < 1.29 is 9.47 Å². The van der Waals surface area contributed by atoms with E-state index in [2.05, 4.69) is 24.2 Å². The van der Waals surface area contributed by atoms with Crippen LogP contribution < -0.4 is 5.32 Å². The van der Waals surface area contributed by atoms with Crippen molar-refractivity contribution in [3.8, 4) is 0 Å². The largest absolute Gasteiger partial charge is 0.382 e. The molecule has 1 heterocycles. The molecule has 0 atom stereocenters. The SMILES string of the molecule is COCCOCCCNCC1(C)CCN(C)CC1. The van der Waals surface area contributed by atoms with Gasteiger partial charge in [0.2, 0.25) is 0 Å². The molecule has 1 rings (SSSR count). The fourth-order valence-corrected chi connectivity index (χ4v) is 2.27. The molecular formula is C14H30N2O2. The van der Waals surface area contributed by atoms with Crippen LogP contribution in [0, 0.1) is 5.41 Å². The zero-order valence-electron chi connectivity index (χ0n) is 12.3. The third kappa shape index (κ3) is 6.69. The Bertz CT molecular complexity index is 204. The molecule has 0 aromatic heterocycles. The standard InChI is InChI=1S/C14H30N2O2/c1-14(5-8-16(2)9-6-14)13-15-7-4-10-18-12-11-17-3/h15H,4-13H2,1-3H3. The van der Waals surface area contributed by atoms with E-state index in [0.717, 1.165) is 26.1 Å². The van der Waals surface area contributed by atoms with Crippen molar-refractivity contribution in [3.63, 3.8) is 0 Å². The quantitative estimate of drug-likeness (QED) is 0.633. The Balaban J connectivity index is 1.94. The summed E-state index contributed by atoms with van der Waals surface area (Å²) in [7, 11) is 3.91. The second kappa shape index (κ2) is 8.86. The van der Waals surface area contributed by atoms with Gasteiger partial charge in [0, 0.05) is 20.3 Å². The molecule has 18 heavy (non-hydrogen) atoms. The van der Waals surface area contributed by atoms with Gasteiger partial charge >= 0.3 is 0 Å². The number of hydrogen-bond donors (Lipinski definition) is 1. The van der Waals surface area contributed by atoms with Crippen LogP contribution in [0.3, 0.4) is 0 Å². The van der Waals surface area contributed by atoms with Crippen LogP contribution in [0.5, 0.6) is 0 Å². The van der Waals surface area contributed by atoms with Gasteiger partial charge in [0.05, 0.1) is 13.2 Å². The van der Waals surface area contributed by atoms with E-state index in [-0.39, 0.29) is 0 Å². The minimum absolute atomic E-state index is 0.490. The highest BCUT2D eigenvalue weighted by atomic mass is 16.5. The van der Waals surface area contributed by atoms with E-state index >= 15 is 0 Å². The molecule has 108 valence electrons. The van der Waals surface area contributed by atoms with Crippen LogP contribution in [-0.2, 0) is 9.47 Å². The lowest BCUT2D eigenvalue weighted by Crippen LogP contribution is -2.42. The molecule has 1 fully saturated rings. The highest BCUT2D eigenvalue weighted by Gasteiger charge is 2.27.